The number of nitrogens with zero attached hydrogens (tertiary/aromatic N) is 4. The van der Waals surface area contributed by atoms with Gasteiger partial charge in [-0.3, -0.25) is 9.48 Å². The van der Waals surface area contributed by atoms with E-state index in [4.69, 9.17) is 4.74 Å². The second-order valence-electron chi connectivity index (χ2n) is 8.28. The third-order valence-corrected chi connectivity index (χ3v) is 6.37. The molecule has 0 radical (unpaired) electrons. The highest BCUT2D eigenvalue weighted by Gasteiger charge is 2.46. The van der Waals surface area contributed by atoms with Crippen LogP contribution in [0.5, 0.6) is 0 Å². The average Bonchev–Trinajstić information content (AvgIpc) is 3.42. The highest BCUT2D eigenvalue weighted by atomic mass is 16.5. The van der Waals surface area contributed by atoms with Gasteiger partial charge in [0, 0.05) is 51.6 Å². The van der Waals surface area contributed by atoms with Crippen LogP contribution in [-0.2, 0) is 11.8 Å². The fraction of sp³-hybridized carbons (Fsp3) is 0.750. The SMILES string of the molecule is CCNC(=O)N(C1CC1)C1CCOC2(CCN(C(=O)c3ccnn3C)CC2)C1. The number of carbonyl (C=O) groups is 2. The minimum Gasteiger partial charge on any atom is -0.375 e. The Hall–Kier alpha value is -2.09. The van der Waals surface area contributed by atoms with Gasteiger partial charge in [0.15, 0.2) is 0 Å². The van der Waals surface area contributed by atoms with Gasteiger partial charge in [-0.1, -0.05) is 0 Å². The Morgan fingerprint density at radius 1 is 1.29 bits per heavy atom. The van der Waals surface area contributed by atoms with Crippen molar-refractivity contribution >= 4 is 11.9 Å². The van der Waals surface area contributed by atoms with Gasteiger partial charge in [-0.25, -0.2) is 4.79 Å². The van der Waals surface area contributed by atoms with Crippen LogP contribution in [0.1, 0.15) is 55.9 Å². The van der Waals surface area contributed by atoms with Gasteiger partial charge >= 0.3 is 6.03 Å². The van der Waals surface area contributed by atoms with Crippen LogP contribution in [0.4, 0.5) is 4.79 Å². The standard InChI is InChI=1S/C20H31N5O3/c1-3-21-19(27)25(15-4-5-15)16-7-13-28-20(14-16)8-11-24(12-9-20)18(26)17-6-10-22-23(17)2/h6,10,15-16H,3-5,7-9,11-14H2,1-2H3,(H,21,27). The maximum absolute atomic E-state index is 12.7. The first-order chi connectivity index (χ1) is 13.5. The molecule has 1 aromatic heterocycles. The second-order valence-corrected chi connectivity index (χ2v) is 8.28. The van der Waals surface area contributed by atoms with Crippen LogP contribution < -0.4 is 5.32 Å². The van der Waals surface area contributed by atoms with Gasteiger partial charge in [-0.15, -0.1) is 0 Å². The summed E-state index contributed by atoms with van der Waals surface area (Å²) in [4.78, 5) is 29.3. The number of hydrogen-bond donors (Lipinski definition) is 1. The molecule has 2 saturated heterocycles. The molecule has 2 aliphatic heterocycles. The molecule has 1 unspecified atom stereocenters. The molecule has 1 spiro atoms. The molecule has 0 bridgehead atoms. The van der Waals surface area contributed by atoms with E-state index in [-0.39, 0.29) is 23.6 Å². The fourth-order valence-corrected chi connectivity index (χ4v) is 4.68. The fourth-order valence-electron chi connectivity index (χ4n) is 4.68. The molecule has 1 saturated carbocycles. The number of aryl methyl sites for hydroxylation is 1. The number of rotatable bonds is 4. The Morgan fingerprint density at radius 2 is 2.04 bits per heavy atom. The molecule has 1 aromatic rings. The lowest BCUT2D eigenvalue weighted by atomic mass is 9.81. The van der Waals surface area contributed by atoms with Crippen molar-refractivity contribution in [3.05, 3.63) is 18.0 Å². The van der Waals surface area contributed by atoms with E-state index in [1.54, 1.807) is 24.0 Å². The Balaban J connectivity index is 1.40. The summed E-state index contributed by atoms with van der Waals surface area (Å²) in [6, 6.07) is 2.45. The van der Waals surface area contributed by atoms with Crippen LogP contribution in [0.3, 0.4) is 0 Å². The van der Waals surface area contributed by atoms with Gasteiger partial charge < -0.3 is 19.9 Å². The van der Waals surface area contributed by atoms with Gasteiger partial charge in [0.05, 0.1) is 5.60 Å². The smallest absolute Gasteiger partial charge is 0.317 e. The zero-order chi connectivity index (χ0) is 19.7. The van der Waals surface area contributed by atoms with Crippen LogP contribution >= 0.6 is 0 Å². The number of hydrogen-bond acceptors (Lipinski definition) is 4. The maximum Gasteiger partial charge on any atom is 0.317 e. The third kappa shape index (κ3) is 3.74. The number of amides is 3. The van der Waals surface area contributed by atoms with Crippen LogP contribution in [0.25, 0.3) is 0 Å². The molecule has 4 rings (SSSR count). The minimum atomic E-state index is -0.216. The number of likely N-dealkylation sites (tertiary alicyclic amines) is 1. The normalized spacial score (nSPS) is 24.2. The Kier molecular flexibility index (Phi) is 5.31. The van der Waals surface area contributed by atoms with Crippen molar-refractivity contribution in [3.8, 4) is 0 Å². The molecule has 154 valence electrons. The number of piperidine rings is 1. The third-order valence-electron chi connectivity index (χ3n) is 6.37. The second kappa shape index (κ2) is 7.73. The molecular formula is C20H31N5O3. The molecule has 28 heavy (non-hydrogen) atoms. The summed E-state index contributed by atoms with van der Waals surface area (Å²) in [6.45, 7) is 4.66. The first kappa shape index (κ1) is 19.2. The lowest BCUT2D eigenvalue weighted by Crippen LogP contribution is -2.57. The predicted octanol–water partition coefficient (Wildman–Crippen LogP) is 1.77. The van der Waals surface area contributed by atoms with Gasteiger partial charge in [-0.05, 0) is 51.5 Å². The van der Waals surface area contributed by atoms with Crippen molar-refractivity contribution in [2.75, 3.05) is 26.2 Å². The molecule has 0 aromatic carbocycles. The zero-order valence-electron chi connectivity index (χ0n) is 16.9. The average molecular weight is 390 g/mol. The van der Waals surface area contributed by atoms with E-state index >= 15 is 0 Å². The highest BCUT2D eigenvalue weighted by molar-refractivity contribution is 5.92. The van der Waals surface area contributed by atoms with Crippen molar-refractivity contribution in [1.82, 2.24) is 24.9 Å². The van der Waals surface area contributed by atoms with Crippen LogP contribution in [0.2, 0.25) is 0 Å². The Labute approximate surface area is 166 Å². The van der Waals surface area contributed by atoms with Gasteiger partial charge in [0.25, 0.3) is 5.91 Å². The highest BCUT2D eigenvalue weighted by Crippen LogP contribution is 2.40. The lowest BCUT2D eigenvalue weighted by molar-refractivity contribution is -0.126. The van der Waals surface area contributed by atoms with Gasteiger partial charge in [-0.2, -0.15) is 5.10 Å². The van der Waals surface area contributed by atoms with E-state index in [0.29, 0.717) is 38.0 Å². The summed E-state index contributed by atoms with van der Waals surface area (Å²) >= 11 is 0. The molecule has 1 N–H and O–H groups in total. The number of nitrogens with one attached hydrogen (secondary N) is 1. The summed E-state index contributed by atoms with van der Waals surface area (Å²) < 4.78 is 7.88. The number of aromatic nitrogens is 2. The molecule has 3 amide bonds. The Bertz CT molecular complexity index is 721. The summed E-state index contributed by atoms with van der Waals surface area (Å²) in [5.41, 5.74) is 0.403. The molecule has 8 nitrogen and oxygen atoms in total. The predicted molar refractivity (Wildman–Crippen MR) is 104 cm³/mol. The van der Waals surface area contributed by atoms with Crippen LogP contribution in [-0.4, -0.2) is 75.4 Å². The van der Waals surface area contributed by atoms with E-state index in [9.17, 15) is 9.59 Å². The van der Waals surface area contributed by atoms with Crippen molar-refractivity contribution in [2.45, 2.75) is 63.1 Å². The first-order valence-electron chi connectivity index (χ1n) is 10.5. The van der Waals surface area contributed by atoms with Crippen molar-refractivity contribution < 1.29 is 14.3 Å². The van der Waals surface area contributed by atoms with Crippen molar-refractivity contribution in [3.63, 3.8) is 0 Å². The molecular weight excluding hydrogens is 358 g/mol. The van der Waals surface area contributed by atoms with Gasteiger partial charge in [0.1, 0.15) is 5.69 Å². The largest absolute Gasteiger partial charge is 0.375 e. The van der Waals surface area contributed by atoms with Gasteiger partial charge in [0.2, 0.25) is 0 Å². The molecule has 3 fully saturated rings. The maximum atomic E-state index is 12.7. The lowest BCUT2D eigenvalue weighted by Gasteiger charge is -2.48. The minimum absolute atomic E-state index is 0.0316. The van der Waals surface area contributed by atoms with E-state index in [0.717, 1.165) is 38.5 Å². The summed E-state index contributed by atoms with van der Waals surface area (Å²) in [6.07, 6.45) is 7.27. The van der Waals surface area contributed by atoms with E-state index in [2.05, 4.69) is 15.3 Å². The number of urea groups is 1. The molecule has 1 atom stereocenters. The Morgan fingerprint density at radius 3 is 2.64 bits per heavy atom. The number of carbonyl (C=O) groups excluding carboxylic acids is 2. The molecule has 3 aliphatic rings. The summed E-state index contributed by atoms with van der Waals surface area (Å²) in [5.74, 6) is 0.0316. The molecule has 8 heteroatoms. The molecule has 3 heterocycles. The molecule has 1 aliphatic carbocycles. The monoisotopic (exact) mass is 389 g/mol. The zero-order valence-corrected chi connectivity index (χ0v) is 16.9. The van der Waals surface area contributed by atoms with Crippen molar-refractivity contribution in [1.29, 1.82) is 0 Å². The summed E-state index contributed by atoms with van der Waals surface area (Å²) in [7, 11) is 1.79. The van der Waals surface area contributed by atoms with E-state index in [1.807, 2.05) is 11.8 Å². The van der Waals surface area contributed by atoms with E-state index in [1.165, 1.54) is 0 Å². The van der Waals surface area contributed by atoms with Crippen LogP contribution in [0.15, 0.2) is 12.3 Å². The van der Waals surface area contributed by atoms with Crippen LogP contribution in [0, 0.1) is 0 Å². The summed E-state index contributed by atoms with van der Waals surface area (Å²) in [5, 5.41) is 7.08. The quantitative estimate of drug-likeness (QED) is 0.851. The topological polar surface area (TPSA) is 79.7 Å². The first-order valence-corrected chi connectivity index (χ1v) is 10.5. The van der Waals surface area contributed by atoms with E-state index < -0.39 is 0 Å². The van der Waals surface area contributed by atoms with Crippen molar-refractivity contribution in [2.24, 2.45) is 7.05 Å². The number of ether oxygens (including phenoxy) is 1.